The zero-order valence-electron chi connectivity index (χ0n) is 10.8. The molecule has 0 unspecified atom stereocenters. The fourth-order valence-electron chi connectivity index (χ4n) is 1.91. The third-order valence-corrected chi connectivity index (χ3v) is 4.28. The molecule has 0 aromatic heterocycles. The Bertz CT molecular complexity index is 609. The van der Waals surface area contributed by atoms with E-state index in [2.05, 4.69) is 4.72 Å². The minimum Gasteiger partial charge on any atom is -0.212 e. The fraction of sp³-hybridized carbons (Fsp3) is 0.200. The topological polar surface area (TPSA) is 46.2 Å². The number of rotatable bonds is 5. The zero-order valence-corrected chi connectivity index (χ0v) is 11.6. The summed E-state index contributed by atoms with van der Waals surface area (Å²) in [6, 6.07) is 18.5. The van der Waals surface area contributed by atoms with Gasteiger partial charge >= 0.3 is 0 Å². The highest BCUT2D eigenvalue weighted by Gasteiger charge is 2.16. The second-order valence-corrected chi connectivity index (χ2v) is 6.25. The minimum absolute atomic E-state index is 0.00497. The number of sulfonamides is 1. The third kappa shape index (κ3) is 4.19. The molecule has 2 aromatic rings. The SMILES string of the molecule is C[C@H](NS(=O)(=O)Cc1ccccc1)c1ccccc1. The van der Waals surface area contributed by atoms with Gasteiger partial charge in [-0.25, -0.2) is 13.1 Å². The number of benzene rings is 2. The molecule has 0 aliphatic carbocycles. The molecule has 19 heavy (non-hydrogen) atoms. The van der Waals surface area contributed by atoms with Crippen LogP contribution in [0.15, 0.2) is 60.7 Å². The van der Waals surface area contributed by atoms with Crippen LogP contribution in [0.1, 0.15) is 24.1 Å². The standard InChI is InChI=1S/C15H17NO2S/c1-13(15-10-6-3-7-11-15)16-19(17,18)12-14-8-4-2-5-9-14/h2-11,13,16H,12H2,1H3/t13-/m0/s1. The molecule has 3 nitrogen and oxygen atoms in total. The summed E-state index contributed by atoms with van der Waals surface area (Å²) in [5.74, 6) is 0.00497. The molecule has 0 aliphatic rings. The van der Waals surface area contributed by atoms with Gasteiger partial charge in [0.25, 0.3) is 0 Å². The van der Waals surface area contributed by atoms with E-state index in [4.69, 9.17) is 0 Å². The fourth-order valence-corrected chi connectivity index (χ4v) is 3.30. The van der Waals surface area contributed by atoms with Crippen molar-refractivity contribution in [3.05, 3.63) is 71.8 Å². The Kier molecular flexibility index (Phi) is 4.35. The van der Waals surface area contributed by atoms with Crippen molar-refractivity contribution < 1.29 is 8.42 Å². The molecule has 0 bridgehead atoms. The lowest BCUT2D eigenvalue weighted by molar-refractivity contribution is 0.566. The van der Waals surface area contributed by atoms with Gasteiger partial charge in [-0.15, -0.1) is 0 Å². The summed E-state index contributed by atoms with van der Waals surface area (Å²) in [5, 5.41) is 0. The number of hydrogen-bond donors (Lipinski definition) is 1. The lowest BCUT2D eigenvalue weighted by Gasteiger charge is -2.14. The molecule has 100 valence electrons. The van der Waals surface area contributed by atoms with Gasteiger partial charge < -0.3 is 0 Å². The average Bonchev–Trinajstić information content (AvgIpc) is 2.39. The van der Waals surface area contributed by atoms with Gasteiger partial charge in [0.15, 0.2) is 0 Å². The van der Waals surface area contributed by atoms with Crippen molar-refractivity contribution in [3.63, 3.8) is 0 Å². The molecule has 2 aromatic carbocycles. The highest BCUT2D eigenvalue weighted by molar-refractivity contribution is 7.88. The van der Waals surface area contributed by atoms with Gasteiger partial charge in [0, 0.05) is 6.04 Å². The van der Waals surface area contributed by atoms with E-state index in [0.717, 1.165) is 11.1 Å². The first-order valence-electron chi connectivity index (χ1n) is 6.16. The zero-order chi connectivity index (χ0) is 13.7. The first kappa shape index (κ1) is 13.8. The van der Waals surface area contributed by atoms with E-state index in [-0.39, 0.29) is 11.8 Å². The van der Waals surface area contributed by atoms with Crippen LogP contribution in [-0.2, 0) is 15.8 Å². The lowest BCUT2D eigenvalue weighted by atomic mass is 10.1. The quantitative estimate of drug-likeness (QED) is 0.912. The molecule has 4 heteroatoms. The highest BCUT2D eigenvalue weighted by Crippen LogP contribution is 2.14. The first-order valence-corrected chi connectivity index (χ1v) is 7.81. The van der Waals surface area contributed by atoms with Crippen LogP contribution in [0.3, 0.4) is 0 Å². The summed E-state index contributed by atoms with van der Waals surface area (Å²) in [6.07, 6.45) is 0. The molecule has 0 spiro atoms. The number of nitrogens with one attached hydrogen (secondary N) is 1. The Morgan fingerprint density at radius 2 is 1.47 bits per heavy atom. The van der Waals surface area contributed by atoms with Crippen LogP contribution < -0.4 is 4.72 Å². The number of hydrogen-bond acceptors (Lipinski definition) is 2. The monoisotopic (exact) mass is 275 g/mol. The minimum atomic E-state index is -3.33. The van der Waals surface area contributed by atoms with E-state index in [9.17, 15) is 8.42 Å². The maximum Gasteiger partial charge on any atom is 0.216 e. The molecular weight excluding hydrogens is 258 g/mol. The van der Waals surface area contributed by atoms with Crippen molar-refractivity contribution in [1.82, 2.24) is 4.72 Å². The van der Waals surface area contributed by atoms with E-state index >= 15 is 0 Å². The van der Waals surface area contributed by atoms with Crippen LogP contribution in [0.2, 0.25) is 0 Å². The molecule has 1 atom stereocenters. The van der Waals surface area contributed by atoms with Crippen LogP contribution in [0.4, 0.5) is 0 Å². The van der Waals surface area contributed by atoms with Crippen molar-refractivity contribution in [1.29, 1.82) is 0 Å². The molecule has 2 rings (SSSR count). The van der Waals surface area contributed by atoms with Gasteiger partial charge in [0.1, 0.15) is 0 Å². The highest BCUT2D eigenvalue weighted by atomic mass is 32.2. The van der Waals surface area contributed by atoms with Crippen molar-refractivity contribution in [2.45, 2.75) is 18.7 Å². The normalized spacial score (nSPS) is 13.1. The van der Waals surface area contributed by atoms with E-state index in [1.807, 2.05) is 67.6 Å². The lowest BCUT2D eigenvalue weighted by Crippen LogP contribution is -2.28. The second-order valence-electron chi connectivity index (χ2n) is 4.49. The Labute approximate surface area is 114 Å². The predicted molar refractivity (Wildman–Crippen MR) is 77.1 cm³/mol. The van der Waals surface area contributed by atoms with Gasteiger partial charge in [-0.1, -0.05) is 60.7 Å². The van der Waals surface area contributed by atoms with Gasteiger partial charge in [0.05, 0.1) is 5.75 Å². The van der Waals surface area contributed by atoms with E-state index in [1.54, 1.807) is 0 Å². The second kappa shape index (κ2) is 5.99. The smallest absolute Gasteiger partial charge is 0.212 e. The summed E-state index contributed by atoms with van der Waals surface area (Å²) in [4.78, 5) is 0. The third-order valence-electron chi connectivity index (χ3n) is 2.86. The Morgan fingerprint density at radius 3 is 2.05 bits per heavy atom. The van der Waals surface area contributed by atoms with Crippen molar-refractivity contribution in [2.24, 2.45) is 0 Å². The maximum absolute atomic E-state index is 12.1. The average molecular weight is 275 g/mol. The molecule has 0 radical (unpaired) electrons. The van der Waals surface area contributed by atoms with Crippen LogP contribution in [0.5, 0.6) is 0 Å². The summed E-state index contributed by atoms with van der Waals surface area (Å²) in [7, 11) is -3.33. The first-order chi connectivity index (χ1) is 9.07. The van der Waals surface area contributed by atoms with Crippen LogP contribution >= 0.6 is 0 Å². The summed E-state index contributed by atoms with van der Waals surface area (Å²) in [6.45, 7) is 1.85. The van der Waals surface area contributed by atoms with Crippen molar-refractivity contribution in [2.75, 3.05) is 0 Å². The van der Waals surface area contributed by atoms with Crippen molar-refractivity contribution in [3.8, 4) is 0 Å². The van der Waals surface area contributed by atoms with Crippen LogP contribution in [0, 0.1) is 0 Å². The molecule has 0 aliphatic heterocycles. The molecule has 1 N–H and O–H groups in total. The molecule has 0 saturated heterocycles. The van der Waals surface area contributed by atoms with E-state index < -0.39 is 10.0 Å². The molecule has 0 fully saturated rings. The van der Waals surface area contributed by atoms with Gasteiger partial charge in [-0.3, -0.25) is 0 Å². The maximum atomic E-state index is 12.1. The molecule has 0 amide bonds. The Hall–Kier alpha value is -1.65. The largest absolute Gasteiger partial charge is 0.216 e. The van der Waals surface area contributed by atoms with E-state index in [0.29, 0.717) is 0 Å². The summed E-state index contributed by atoms with van der Waals surface area (Å²) >= 11 is 0. The molecular formula is C15H17NO2S. The van der Waals surface area contributed by atoms with Gasteiger partial charge in [-0.2, -0.15) is 0 Å². The summed E-state index contributed by atoms with van der Waals surface area (Å²) < 4.78 is 26.8. The van der Waals surface area contributed by atoms with Gasteiger partial charge in [0.2, 0.25) is 10.0 Å². The van der Waals surface area contributed by atoms with Crippen LogP contribution in [0.25, 0.3) is 0 Å². The predicted octanol–water partition coefficient (Wildman–Crippen LogP) is 2.87. The molecule has 0 heterocycles. The summed E-state index contributed by atoms with van der Waals surface area (Å²) in [5.41, 5.74) is 1.74. The molecule has 0 saturated carbocycles. The van der Waals surface area contributed by atoms with Gasteiger partial charge in [-0.05, 0) is 18.1 Å². The van der Waals surface area contributed by atoms with E-state index in [1.165, 1.54) is 0 Å². The van der Waals surface area contributed by atoms with Crippen molar-refractivity contribution >= 4 is 10.0 Å². The van der Waals surface area contributed by atoms with Crippen LogP contribution in [-0.4, -0.2) is 8.42 Å². The Balaban J connectivity index is 2.06. The Morgan fingerprint density at radius 1 is 0.947 bits per heavy atom.